The van der Waals surface area contributed by atoms with Gasteiger partial charge >= 0.3 is 12.0 Å². The largest absolute Gasteiger partial charge is 0.452 e. The highest BCUT2D eigenvalue weighted by Gasteiger charge is 2.15. The van der Waals surface area contributed by atoms with E-state index in [4.69, 9.17) is 4.74 Å². The summed E-state index contributed by atoms with van der Waals surface area (Å²) in [5.41, 5.74) is 1.60. The SMILES string of the molecule is CCCCNC(=O)NC(=O)COC(=O)c1cnc2c(c1)c(C)nn2C. The topological polar surface area (TPSA) is 115 Å². The average molecular weight is 347 g/mol. The van der Waals surface area contributed by atoms with E-state index in [-0.39, 0.29) is 5.56 Å². The van der Waals surface area contributed by atoms with Crippen molar-refractivity contribution in [1.29, 1.82) is 0 Å². The molecule has 0 aliphatic heterocycles. The minimum absolute atomic E-state index is 0.212. The summed E-state index contributed by atoms with van der Waals surface area (Å²) >= 11 is 0. The van der Waals surface area contributed by atoms with Crippen LogP contribution in [0.15, 0.2) is 12.3 Å². The lowest BCUT2D eigenvalue weighted by Gasteiger charge is -2.07. The number of carbonyl (C=O) groups excluding carboxylic acids is 3. The van der Waals surface area contributed by atoms with Crippen molar-refractivity contribution >= 4 is 28.9 Å². The van der Waals surface area contributed by atoms with Gasteiger partial charge in [0.15, 0.2) is 12.3 Å². The Hall–Kier alpha value is -2.97. The summed E-state index contributed by atoms with van der Waals surface area (Å²) < 4.78 is 6.53. The maximum absolute atomic E-state index is 12.0. The maximum atomic E-state index is 12.0. The standard InChI is InChI=1S/C16H21N5O4/c1-4-5-6-17-16(24)19-13(22)9-25-15(23)11-7-12-10(2)20-21(3)14(12)18-8-11/h7-8H,4-6,9H2,1-3H3,(H2,17,19,22,24). The number of ether oxygens (including phenoxy) is 1. The molecule has 0 aliphatic rings. The number of esters is 1. The van der Waals surface area contributed by atoms with Crippen molar-refractivity contribution < 1.29 is 19.1 Å². The molecule has 9 nitrogen and oxygen atoms in total. The minimum Gasteiger partial charge on any atom is -0.452 e. The van der Waals surface area contributed by atoms with Crippen molar-refractivity contribution in [3.8, 4) is 0 Å². The number of imide groups is 1. The van der Waals surface area contributed by atoms with Crippen molar-refractivity contribution in [2.45, 2.75) is 26.7 Å². The number of carbonyl (C=O) groups is 3. The fourth-order valence-corrected chi connectivity index (χ4v) is 2.22. The summed E-state index contributed by atoms with van der Waals surface area (Å²) in [7, 11) is 1.76. The zero-order chi connectivity index (χ0) is 18.4. The second kappa shape index (κ2) is 8.22. The molecular weight excluding hydrogens is 326 g/mol. The molecule has 0 radical (unpaired) electrons. The second-order valence-electron chi connectivity index (χ2n) is 5.54. The number of unbranched alkanes of at least 4 members (excludes halogenated alkanes) is 1. The molecular formula is C16H21N5O4. The van der Waals surface area contributed by atoms with E-state index in [1.54, 1.807) is 17.8 Å². The van der Waals surface area contributed by atoms with Gasteiger partial charge in [-0.15, -0.1) is 0 Å². The lowest BCUT2D eigenvalue weighted by molar-refractivity contribution is -0.123. The number of nitrogens with one attached hydrogen (secondary N) is 2. The molecule has 0 aliphatic carbocycles. The van der Waals surface area contributed by atoms with Crippen LogP contribution in [-0.4, -0.2) is 45.8 Å². The Bertz CT molecular complexity index is 799. The number of rotatable bonds is 6. The van der Waals surface area contributed by atoms with Crippen LogP contribution in [-0.2, 0) is 16.6 Å². The number of aromatic nitrogens is 3. The first-order chi connectivity index (χ1) is 11.9. The monoisotopic (exact) mass is 347 g/mol. The molecule has 9 heteroatoms. The van der Waals surface area contributed by atoms with Gasteiger partial charge in [0.05, 0.1) is 11.3 Å². The number of nitrogens with zero attached hydrogens (tertiary/aromatic N) is 3. The summed E-state index contributed by atoms with van der Waals surface area (Å²) in [5, 5.41) is 9.58. The fourth-order valence-electron chi connectivity index (χ4n) is 2.22. The molecule has 2 aromatic heterocycles. The van der Waals surface area contributed by atoms with Gasteiger partial charge < -0.3 is 10.1 Å². The lowest BCUT2D eigenvalue weighted by atomic mass is 10.2. The van der Waals surface area contributed by atoms with Gasteiger partial charge in [0.2, 0.25) is 0 Å². The van der Waals surface area contributed by atoms with Crippen LogP contribution in [0.1, 0.15) is 35.8 Å². The highest BCUT2D eigenvalue weighted by atomic mass is 16.5. The lowest BCUT2D eigenvalue weighted by Crippen LogP contribution is -2.41. The molecule has 0 bridgehead atoms. The first-order valence-electron chi connectivity index (χ1n) is 7.96. The number of hydrogen-bond donors (Lipinski definition) is 2. The fraction of sp³-hybridized carbons (Fsp3) is 0.438. The van der Waals surface area contributed by atoms with Gasteiger partial charge in [-0.05, 0) is 19.4 Å². The predicted octanol–water partition coefficient (Wildman–Crippen LogP) is 1.06. The van der Waals surface area contributed by atoms with Gasteiger partial charge in [-0.25, -0.2) is 14.6 Å². The summed E-state index contributed by atoms with van der Waals surface area (Å²) in [5.74, 6) is -1.40. The molecule has 0 saturated carbocycles. The van der Waals surface area contributed by atoms with E-state index >= 15 is 0 Å². The Morgan fingerprint density at radius 2 is 2.08 bits per heavy atom. The molecule has 2 aromatic rings. The summed E-state index contributed by atoms with van der Waals surface area (Å²) in [6, 6.07) is 1.01. The number of pyridine rings is 1. The van der Waals surface area contributed by atoms with Gasteiger partial charge in [-0.2, -0.15) is 5.10 Å². The molecule has 134 valence electrons. The van der Waals surface area contributed by atoms with Gasteiger partial charge in [0.1, 0.15) is 0 Å². The van der Waals surface area contributed by atoms with Crippen LogP contribution >= 0.6 is 0 Å². The molecule has 2 rings (SSSR count). The molecule has 0 unspecified atom stereocenters. The van der Waals surface area contributed by atoms with Crippen LogP contribution in [0, 0.1) is 6.92 Å². The molecule has 2 heterocycles. The maximum Gasteiger partial charge on any atom is 0.340 e. The van der Waals surface area contributed by atoms with E-state index in [9.17, 15) is 14.4 Å². The van der Waals surface area contributed by atoms with E-state index < -0.39 is 24.5 Å². The molecule has 2 N–H and O–H groups in total. The quantitative estimate of drug-likeness (QED) is 0.596. The number of aryl methyl sites for hydroxylation is 2. The number of urea groups is 1. The molecule has 0 aromatic carbocycles. The van der Waals surface area contributed by atoms with Crippen LogP contribution in [0.25, 0.3) is 11.0 Å². The first-order valence-corrected chi connectivity index (χ1v) is 7.96. The number of fused-ring (bicyclic) bond motifs is 1. The Morgan fingerprint density at radius 3 is 2.80 bits per heavy atom. The van der Waals surface area contributed by atoms with Crippen LogP contribution in [0.2, 0.25) is 0 Å². The Morgan fingerprint density at radius 1 is 1.32 bits per heavy atom. The third kappa shape index (κ3) is 4.75. The van der Waals surface area contributed by atoms with E-state index in [2.05, 4.69) is 20.7 Å². The Balaban J connectivity index is 1.88. The molecule has 25 heavy (non-hydrogen) atoms. The Labute approximate surface area is 144 Å². The van der Waals surface area contributed by atoms with Crippen molar-refractivity contribution in [1.82, 2.24) is 25.4 Å². The van der Waals surface area contributed by atoms with Crippen molar-refractivity contribution in [2.75, 3.05) is 13.2 Å². The van der Waals surface area contributed by atoms with Crippen LogP contribution in [0.5, 0.6) is 0 Å². The van der Waals surface area contributed by atoms with E-state index in [0.717, 1.165) is 23.9 Å². The molecule has 0 atom stereocenters. The zero-order valence-electron chi connectivity index (χ0n) is 14.5. The van der Waals surface area contributed by atoms with E-state index in [0.29, 0.717) is 12.2 Å². The van der Waals surface area contributed by atoms with Crippen LogP contribution in [0.4, 0.5) is 4.79 Å². The third-order valence-corrected chi connectivity index (χ3v) is 3.50. The van der Waals surface area contributed by atoms with Gasteiger partial charge in [-0.1, -0.05) is 13.3 Å². The predicted molar refractivity (Wildman–Crippen MR) is 90.0 cm³/mol. The highest BCUT2D eigenvalue weighted by Crippen LogP contribution is 2.16. The van der Waals surface area contributed by atoms with Crippen molar-refractivity contribution in [3.05, 3.63) is 23.5 Å². The van der Waals surface area contributed by atoms with E-state index in [1.165, 1.54) is 6.20 Å². The Kier molecular flexibility index (Phi) is 6.04. The highest BCUT2D eigenvalue weighted by molar-refractivity contribution is 5.98. The van der Waals surface area contributed by atoms with Crippen molar-refractivity contribution in [2.24, 2.45) is 7.05 Å². The van der Waals surface area contributed by atoms with E-state index in [1.807, 2.05) is 13.8 Å². The molecule has 3 amide bonds. The van der Waals surface area contributed by atoms with Gasteiger partial charge in [-0.3, -0.25) is 14.8 Å². The van der Waals surface area contributed by atoms with Gasteiger partial charge in [0, 0.05) is 25.2 Å². The summed E-state index contributed by atoms with van der Waals surface area (Å²) in [6.45, 7) is 3.72. The second-order valence-corrected chi connectivity index (χ2v) is 5.54. The molecule has 0 saturated heterocycles. The smallest absolute Gasteiger partial charge is 0.340 e. The number of hydrogen-bond acceptors (Lipinski definition) is 6. The summed E-state index contributed by atoms with van der Waals surface area (Å²) in [6.07, 6.45) is 3.11. The normalized spacial score (nSPS) is 10.5. The molecule has 0 spiro atoms. The van der Waals surface area contributed by atoms with Crippen LogP contribution < -0.4 is 10.6 Å². The molecule has 0 fully saturated rings. The van der Waals surface area contributed by atoms with Crippen molar-refractivity contribution in [3.63, 3.8) is 0 Å². The minimum atomic E-state index is -0.700. The first kappa shape index (κ1) is 18.4. The van der Waals surface area contributed by atoms with Gasteiger partial charge in [0.25, 0.3) is 5.91 Å². The average Bonchev–Trinajstić information content (AvgIpc) is 2.87. The zero-order valence-corrected chi connectivity index (χ0v) is 14.5. The summed E-state index contributed by atoms with van der Waals surface area (Å²) in [4.78, 5) is 39.3. The van der Waals surface area contributed by atoms with Crippen LogP contribution in [0.3, 0.4) is 0 Å². The third-order valence-electron chi connectivity index (χ3n) is 3.50. The number of amides is 3.